The van der Waals surface area contributed by atoms with Crippen LogP contribution in [0.1, 0.15) is 24.8 Å². The van der Waals surface area contributed by atoms with Crippen molar-refractivity contribution in [2.24, 2.45) is 0 Å². The first kappa shape index (κ1) is 18.3. The molecule has 1 aliphatic carbocycles. The number of nitrogens with zero attached hydrogens (tertiary/aromatic N) is 1. The van der Waals surface area contributed by atoms with Crippen molar-refractivity contribution in [3.63, 3.8) is 0 Å². The lowest BCUT2D eigenvalue weighted by Crippen LogP contribution is -2.29. The van der Waals surface area contributed by atoms with E-state index in [0.29, 0.717) is 5.36 Å². The van der Waals surface area contributed by atoms with Crippen LogP contribution in [0.15, 0.2) is 60.7 Å². The second-order valence-corrected chi connectivity index (χ2v) is 9.06. The van der Waals surface area contributed by atoms with Gasteiger partial charge in [0.25, 0.3) is 0 Å². The zero-order chi connectivity index (χ0) is 19.8. The molecule has 1 fully saturated rings. The zero-order valence-corrected chi connectivity index (χ0v) is 17.3. The lowest BCUT2D eigenvalue weighted by Gasteiger charge is -2.26. The van der Waals surface area contributed by atoms with Crippen molar-refractivity contribution in [1.82, 2.24) is 4.90 Å². The lowest BCUT2D eigenvalue weighted by molar-refractivity contribution is 0.221. The lowest BCUT2D eigenvalue weighted by atomic mass is 9.94. The summed E-state index contributed by atoms with van der Waals surface area (Å²) in [4.78, 5) is 3.70. The maximum atomic E-state index is 8.06. The first-order valence-electron chi connectivity index (χ1n) is 10.3. The SMILES string of the molecule is N=c1ccc2c(-c3cccc(CN4CCCCC4)c3)c3ccc(N)cc3sc-2c1. The van der Waals surface area contributed by atoms with Gasteiger partial charge in [-0.15, -0.1) is 11.3 Å². The Morgan fingerprint density at radius 3 is 2.66 bits per heavy atom. The van der Waals surface area contributed by atoms with Crippen molar-refractivity contribution < 1.29 is 0 Å². The molecule has 0 atom stereocenters. The number of likely N-dealkylation sites (tertiary alicyclic amines) is 1. The Hall–Kier alpha value is -2.69. The molecule has 0 aromatic heterocycles. The van der Waals surface area contributed by atoms with Crippen LogP contribution in [-0.2, 0) is 6.54 Å². The second-order valence-electron chi connectivity index (χ2n) is 7.98. The standard InChI is InChI=1S/C25H25N3S/c26-19-7-9-21-23(14-19)29-24-15-20(27)8-10-22(24)25(21)18-6-4-5-17(13-18)16-28-11-2-1-3-12-28/h4-10,13-15,26H,1-3,11-12,16,27H2. The molecule has 5 rings (SSSR count). The van der Waals surface area contributed by atoms with Crippen LogP contribution in [0.5, 0.6) is 0 Å². The summed E-state index contributed by atoms with van der Waals surface area (Å²) in [6, 6.07) is 21.1. The first-order valence-corrected chi connectivity index (χ1v) is 11.1. The summed E-state index contributed by atoms with van der Waals surface area (Å²) >= 11 is 1.71. The molecule has 0 saturated carbocycles. The maximum Gasteiger partial charge on any atom is 0.0554 e. The number of nitrogens with one attached hydrogen (secondary N) is 1. The molecule has 2 heterocycles. The van der Waals surface area contributed by atoms with Crippen LogP contribution < -0.4 is 11.1 Å². The van der Waals surface area contributed by atoms with Gasteiger partial charge in [0, 0.05) is 32.8 Å². The fraction of sp³-hybridized carbons (Fsp3) is 0.240. The highest BCUT2D eigenvalue weighted by molar-refractivity contribution is 7.21. The largest absolute Gasteiger partial charge is 0.399 e. The summed E-state index contributed by atoms with van der Waals surface area (Å²) in [6.45, 7) is 3.42. The number of hydrogen-bond donors (Lipinski definition) is 2. The van der Waals surface area contributed by atoms with Crippen molar-refractivity contribution in [3.8, 4) is 21.6 Å². The average Bonchev–Trinajstić information content (AvgIpc) is 2.73. The third-order valence-electron chi connectivity index (χ3n) is 5.82. The van der Waals surface area contributed by atoms with E-state index in [1.54, 1.807) is 11.3 Å². The number of benzene rings is 3. The van der Waals surface area contributed by atoms with Gasteiger partial charge in [-0.25, -0.2) is 0 Å². The quantitative estimate of drug-likeness (QED) is 0.342. The summed E-state index contributed by atoms with van der Waals surface area (Å²) in [7, 11) is 0. The minimum Gasteiger partial charge on any atom is -0.399 e. The van der Waals surface area contributed by atoms with Crippen molar-refractivity contribution in [2.45, 2.75) is 25.8 Å². The van der Waals surface area contributed by atoms with Crippen LogP contribution in [0.2, 0.25) is 0 Å². The summed E-state index contributed by atoms with van der Waals surface area (Å²) in [5.74, 6) is 0. The fourth-order valence-corrected chi connectivity index (χ4v) is 5.60. The smallest absolute Gasteiger partial charge is 0.0554 e. The minimum absolute atomic E-state index is 0.543. The average molecular weight is 400 g/mol. The molecule has 0 radical (unpaired) electrons. The van der Waals surface area contributed by atoms with Gasteiger partial charge in [-0.3, -0.25) is 4.90 Å². The minimum atomic E-state index is 0.543. The van der Waals surface area contributed by atoms with Crippen molar-refractivity contribution in [3.05, 3.63) is 71.6 Å². The van der Waals surface area contributed by atoms with Gasteiger partial charge >= 0.3 is 0 Å². The Morgan fingerprint density at radius 2 is 1.79 bits per heavy atom. The molecule has 3 N–H and O–H groups in total. The van der Waals surface area contributed by atoms with E-state index in [4.69, 9.17) is 11.1 Å². The number of rotatable bonds is 3. The first-order chi connectivity index (χ1) is 14.2. The van der Waals surface area contributed by atoms with Gasteiger partial charge in [0.15, 0.2) is 0 Å². The molecule has 0 bridgehead atoms. The van der Waals surface area contributed by atoms with Gasteiger partial charge in [0.1, 0.15) is 0 Å². The number of anilines is 1. The predicted octanol–water partition coefficient (Wildman–Crippen LogP) is 5.72. The van der Waals surface area contributed by atoms with Crippen LogP contribution in [-0.4, -0.2) is 18.0 Å². The molecule has 2 aromatic rings. The van der Waals surface area contributed by atoms with E-state index >= 15 is 0 Å². The maximum absolute atomic E-state index is 8.06. The summed E-state index contributed by atoms with van der Waals surface area (Å²) in [5.41, 5.74) is 11.9. The molecule has 146 valence electrons. The van der Waals surface area contributed by atoms with Crippen molar-refractivity contribution >= 4 is 27.1 Å². The normalized spacial score (nSPS) is 15.2. The van der Waals surface area contributed by atoms with Gasteiger partial charge in [-0.1, -0.05) is 36.8 Å². The molecule has 1 saturated heterocycles. The van der Waals surface area contributed by atoms with Gasteiger partial charge in [0.2, 0.25) is 0 Å². The molecule has 29 heavy (non-hydrogen) atoms. The molecule has 3 nitrogen and oxygen atoms in total. The van der Waals surface area contributed by atoms with Crippen molar-refractivity contribution in [2.75, 3.05) is 18.8 Å². The Morgan fingerprint density at radius 1 is 0.931 bits per heavy atom. The van der Waals surface area contributed by atoms with E-state index < -0.39 is 0 Å². The highest BCUT2D eigenvalue weighted by atomic mass is 32.1. The highest BCUT2D eigenvalue weighted by Crippen LogP contribution is 2.43. The van der Waals surface area contributed by atoms with Crippen LogP contribution in [0.3, 0.4) is 0 Å². The van der Waals surface area contributed by atoms with E-state index in [9.17, 15) is 0 Å². The number of piperidine rings is 1. The molecular weight excluding hydrogens is 374 g/mol. The summed E-state index contributed by atoms with van der Waals surface area (Å²) < 4.78 is 1.17. The molecule has 2 aromatic carbocycles. The third-order valence-corrected chi connectivity index (χ3v) is 6.93. The van der Waals surface area contributed by atoms with E-state index in [-0.39, 0.29) is 0 Å². The zero-order valence-electron chi connectivity index (χ0n) is 16.4. The van der Waals surface area contributed by atoms with Gasteiger partial charge in [0.05, 0.1) is 5.36 Å². The molecule has 0 spiro atoms. The van der Waals surface area contributed by atoms with Crippen molar-refractivity contribution in [1.29, 1.82) is 5.41 Å². The topological polar surface area (TPSA) is 53.1 Å². The number of hydrogen-bond acceptors (Lipinski definition) is 4. The third kappa shape index (κ3) is 3.66. The molecule has 0 amide bonds. The van der Waals surface area contributed by atoms with Crippen LogP contribution in [0.25, 0.3) is 31.7 Å². The van der Waals surface area contributed by atoms with Crippen LogP contribution in [0, 0.1) is 5.41 Å². The number of nitrogens with two attached hydrogens (primary N) is 1. The molecule has 3 aliphatic rings. The highest BCUT2D eigenvalue weighted by Gasteiger charge is 2.17. The summed E-state index contributed by atoms with van der Waals surface area (Å²) in [6.07, 6.45) is 3.98. The van der Waals surface area contributed by atoms with E-state index in [2.05, 4.69) is 47.4 Å². The van der Waals surface area contributed by atoms with Gasteiger partial charge < -0.3 is 11.1 Å². The van der Waals surface area contributed by atoms with E-state index in [1.807, 2.05) is 18.2 Å². The Labute approximate surface area is 175 Å². The fourth-order valence-electron chi connectivity index (χ4n) is 4.42. The monoisotopic (exact) mass is 399 g/mol. The van der Waals surface area contributed by atoms with E-state index in [0.717, 1.165) is 17.1 Å². The predicted molar refractivity (Wildman–Crippen MR) is 123 cm³/mol. The molecule has 2 aliphatic heterocycles. The number of nitrogen functional groups attached to an aromatic ring is 1. The molecule has 4 heteroatoms. The van der Waals surface area contributed by atoms with E-state index in [1.165, 1.54) is 64.7 Å². The Kier molecular flexibility index (Phi) is 4.82. The second kappa shape index (κ2) is 7.62. The molecular formula is C25H25N3S. The Bertz CT molecular complexity index is 1200. The Balaban J connectivity index is 1.67. The molecule has 0 unspecified atom stereocenters. The summed E-state index contributed by atoms with van der Waals surface area (Å²) in [5, 5.41) is 9.83. The number of fused-ring (bicyclic) bond motifs is 2. The van der Waals surface area contributed by atoms with Crippen LogP contribution >= 0.6 is 11.3 Å². The van der Waals surface area contributed by atoms with Gasteiger partial charge in [-0.2, -0.15) is 0 Å². The van der Waals surface area contributed by atoms with Crippen LogP contribution in [0.4, 0.5) is 5.69 Å². The van der Waals surface area contributed by atoms with Gasteiger partial charge in [-0.05, 0) is 73.0 Å².